The lowest BCUT2D eigenvalue weighted by atomic mass is 9.92. The molecule has 1 unspecified atom stereocenters. The summed E-state index contributed by atoms with van der Waals surface area (Å²) in [7, 11) is -4.48. The fourth-order valence-corrected chi connectivity index (χ4v) is 4.27. The molecule has 0 fully saturated rings. The summed E-state index contributed by atoms with van der Waals surface area (Å²) in [5.74, 6) is -0.696. The highest BCUT2D eigenvalue weighted by molar-refractivity contribution is 7.85. The number of benzene rings is 1. The van der Waals surface area contributed by atoms with Gasteiger partial charge in [-0.2, -0.15) is 8.42 Å². The second kappa shape index (κ2) is 11.2. The molecule has 1 aliphatic heterocycles. The molecule has 1 aliphatic rings. The van der Waals surface area contributed by atoms with Crippen LogP contribution in [0.1, 0.15) is 81.6 Å². The zero-order valence-electron chi connectivity index (χ0n) is 19.1. The van der Waals surface area contributed by atoms with Gasteiger partial charge in [0.25, 0.3) is 5.95 Å². The van der Waals surface area contributed by atoms with Gasteiger partial charge in [-0.25, -0.2) is 0 Å². The number of hydrogen-bond acceptors (Lipinski definition) is 7. The number of aliphatic hydroxyl groups excluding tert-OH is 1. The van der Waals surface area contributed by atoms with Gasteiger partial charge < -0.3 is 19.0 Å². The van der Waals surface area contributed by atoms with E-state index in [-0.39, 0.29) is 11.3 Å². The molecule has 2 heterocycles. The SMILES string of the molecule is CCCCCCc1ccc2c(c1)-c1oc(OCS(=O)(=O)O)c(CO)c(=O)c1C(CCCC)O2. The Kier molecular flexibility index (Phi) is 8.56. The maximum atomic E-state index is 13.3. The number of aryl methyl sites for hydroxylation is 1. The van der Waals surface area contributed by atoms with Crippen molar-refractivity contribution in [3.05, 3.63) is 45.1 Å². The molecule has 0 amide bonds. The molecule has 182 valence electrons. The van der Waals surface area contributed by atoms with E-state index in [2.05, 4.69) is 6.92 Å². The molecule has 1 aromatic carbocycles. The fraction of sp³-hybridized carbons (Fsp3) is 0.542. The Labute approximate surface area is 194 Å². The van der Waals surface area contributed by atoms with Crippen LogP contribution in [0.4, 0.5) is 0 Å². The summed E-state index contributed by atoms with van der Waals surface area (Å²) in [5.41, 5.74) is 1.23. The summed E-state index contributed by atoms with van der Waals surface area (Å²) in [4.78, 5) is 13.3. The predicted molar refractivity (Wildman–Crippen MR) is 124 cm³/mol. The molecule has 2 aromatic rings. The van der Waals surface area contributed by atoms with Gasteiger partial charge in [-0.3, -0.25) is 9.35 Å². The Hall–Kier alpha value is -2.36. The molecule has 1 atom stereocenters. The van der Waals surface area contributed by atoms with Crippen LogP contribution in [0.5, 0.6) is 11.7 Å². The highest BCUT2D eigenvalue weighted by Crippen LogP contribution is 2.45. The Balaban J connectivity index is 2.09. The number of ether oxygens (including phenoxy) is 2. The Morgan fingerprint density at radius 2 is 1.85 bits per heavy atom. The number of hydrogen-bond donors (Lipinski definition) is 2. The Morgan fingerprint density at radius 1 is 1.09 bits per heavy atom. The van der Waals surface area contributed by atoms with Crippen LogP contribution in [0.2, 0.25) is 0 Å². The summed E-state index contributed by atoms with van der Waals surface area (Å²) < 4.78 is 48.5. The molecule has 33 heavy (non-hydrogen) atoms. The zero-order valence-corrected chi connectivity index (χ0v) is 19.9. The maximum absolute atomic E-state index is 13.3. The van der Waals surface area contributed by atoms with Crippen molar-refractivity contribution in [2.24, 2.45) is 0 Å². The first-order valence-electron chi connectivity index (χ1n) is 11.5. The van der Waals surface area contributed by atoms with Crippen LogP contribution in [0.3, 0.4) is 0 Å². The summed E-state index contributed by atoms with van der Waals surface area (Å²) in [6.45, 7) is 3.49. The van der Waals surface area contributed by atoms with Gasteiger partial charge in [0.15, 0.2) is 5.76 Å². The topological polar surface area (TPSA) is 123 Å². The van der Waals surface area contributed by atoms with Crippen LogP contribution in [-0.2, 0) is 23.1 Å². The van der Waals surface area contributed by atoms with Gasteiger partial charge in [0.2, 0.25) is 11.4 Å². The molecule has 0 aliphatic carbocycles. The second-order valence-corrected chi connectivity index (χ2v) is 9.73. The summed E-state index contributed by atoms with van der Waals surface area (Å²) in [6, 6.07) is 5.79. The molecule has 9 heteroatoms. The molecule has 1 aromatic heterocycles. The van der Waals surface area contributed by atoms with Crippen molar-refractivity contribution in [1.82, 2.24) is 0 Å². The first-order valence-corrected chi connectivity index (χ1v) is 13.1. The van der Waals surface area contributed by atoms with E-state index in [1.165, 1.54) is 6.42 Å². The average molecular weight is 481 g/mol. The molecule has 0 saturated carbocycles. The highest BCUT2D eigenvalue weighted by Gasteiger charge is 2.34. The number of aliphatic hydroxyl groups is 1. The lowest BCUT2D eigenvalue weighted by Gasteiger charge is -2.28. The van der Waals surface area contributed by atoms with Crippen LogP contribution in [0.15, 0.2) is 27.4 Å². The molecule has 3 rings (SSSR count). The van der Waals surface area contributed by atoms with Gasteiger partial charge >= 0.3 is 10.1 Å². The monoisotopic (exact) mass is 480 g/mol. The number of unbranched alkanes of at least 4 members (excludes halogenated alkanes) is 4. The first-order chi connectivity index (χ1) is 15.8. The largest absolute Gasteiger partial charge is 0.485 e. The standard InChI is InChI=1S/C24H32O8S/c1-3-5-7-8-9-16-11-12-19-17(13-16)23-21(20(31-19)10-6-4-2)22(26)18(14-25)24(32-23)30-15-33(27,28)29/h11-13,20,25H,3-10,14-15H2,1-2H3,(H,27,28,29). The van der Waals surface area contributed by atoms with Crippen molar-refractivity contribution in [2.45, 2.75) is 77.9 Å². The minimum Gasteiger partial charge on any atom is -0.485 e. The summed E-state index contributed by atoms with van der Waals surface area (Å²) in [6.07, 6.45) is 7.11. The van der Waals surface area contributed by atoms with Crippen molar-refractivity contribution in [1.29, 1.82) is 0 Å². The van der Waals surface area contributed by atoms with Gasteiger partial charge in [-0.1, -0.05) is 45.6 Å². The maximum Gasteiger partial charge on any atom is 0.300 e. The highest BCUT2D eigenvalue weighted by atomic mass is 32.2. The van der Waals surface area contributed by atoms with E-state index in [4.69, 9.17) is 18.4 Å². The molecule has 8 nitrogen and oxygen atoms in total. The smallest absolute Gasteiger partial charge is 0.300 e. The van der Waals surface area contributed by atoms with E-state index in [0.29, 0.717) is 23.3 Å². The lowest BCUT2D eigenvalue weighted by molar-refractivity contribution is 0.175. The number of fused-ring (bicyclic) bond motifs is 3. The van der Waals surface area contributed by atoms with E-state index in [0.717, 1.165) is 44.1 Å². The zero-order chi connectivity index (χ0) is 24.0. The minimum atomic E-state index is -4.48. The third-order valence-corrected chi connectivity index (χ3v) is 6.14. The lowest BCUT2D eigenvalue weighted by Crippen LogP contribution is -2.26. The molecule has 0 bridgehead atoms. The van der Waals surface area contributed by atoms with E-state index < -0.39 is 40.1 Å². The van der Waals surface area contributed by atoms with Gasteiger partial charge in [-0.05, 0) is 43.4 Å². The van der Waals surface area contributed by atoms with Gasteiger partial charge in [0.1, 0.15) is 17.4 Å². The van der Waals surface area contributed by atoms with Crippen molar-refractivity contribution in [3.63, 3.8) is 0 Å². The van der Waals surface area contributed by atoms with Crippen LogP contribution in [0.25, 0.3) is 11.3 Å². The van der Waals surface area contributed by atoms with Gasteiger partial charge in [-0.15, -0.1) is 0 Å². The van der Waals surface area contributed by atoms with E-state index in [1.807, 2.05) is 25.1 Å². The Morgan fingerprint density at radius 3 is 2.52 bits per heavy atom. The average Bonchev–Trinajstić information content (AvgIpc) is 2.78. The fourth-order valence-electron chi connectivity index (χ4n) is 4.01. The quantitative estimate of drug-likeness (QED) is 0.329. The molecule has 0 saturated heterocycles. The normalized spacial score (nSPS) is 15.0. The first kappa shape index (κ1) is 25.3. The minimum absolute atomic E-state index is 0.207. The third-order valence-electron chi connectivity index (χ3n) is 5.72. The van der Waals surface area contributed by atoms with Gasteiger partial charge in [0.05, 0.1) is 17.7 Å². The summed E-state index contributed by atoms with van der Waals surface area (Å²) >= 11 is 0. The molecular weight excluding hydrogens is 448 g/mol. The van der Waals surface area contributed by atoms with Gasteiger partial charge in [0, 0.05) is 0 Å². The van der Waals surface area contributed by atoms with Crippen LogP contribution < -0.4 is 14.9 Å². The second-order valence-electron chi connectivity index (χ2n) is 8.33. The number of rotatable bonds is 12. The van der Waals surface area contributed by atoms with Crippen molar-refractivity contribution >= 4 is 10.1 Å². The van der Waals surface area contributed by atoms with E-state index in [9.17, 15) is 18.3 Å². The van der Waals surface area contributed by atoms with E-state index in [1.54, 1.807) is 0 Å². The molecule has 0 spiro atoms. The summed E-state index contributed by atoms with van der Waals surface area (Å²) in [5, 5.41) is 9.78. The van der Waals surface area contributed by atoms with Crippen molar-refractivity contribution < 1.29 is 32.0 Å². The molecular formula is C24H32O8S. The van der Waals surface area contributed by atoms with Crippen molar-refractivity contribution in [2.75, 3.05) is 5.94 Å². The third kappa shape index (κ3) is 6.16. The van der Waals surface area contributed by atoms with Crippen LogP contribution in [-0.4, -0.2) is 24.0 Å². The predicted octanol–water partition coefficient (Wildman–Crippen LogP) is 4.77. The Bertz CT molecular complexity index is 1120. The van der Waals surface area contributed by atoms with Crippen LogP contribution >= 0.6 is 0 Å². The van der Waals surface area contributed by atoms with Crippen LogP contribution in [0, 0.1) is 0 Å². The van der Waals surface area contributed by atoms with Crippen molar-refractivity contribution in [3.8, 4) is 23.0 Å². The van der Waals surface area contributed by atoms with E-state index >= 15 is 0 Å². The molecule has 2 N–H and O–H groups in total. The molecule has 0 radical (unpaired) electrons.